The van der Waals surface area contributed by atoms with Crippen molar-refractivity contribution in [1.29, 1.82) is 0 Å². The van der Waals surface area contributed by atoms with Crippen molar-refractivity contribution in [3.63, 3.8) is 0 Å². The first kappa shape index (κ1) is 10.7. The minimum Gasteiger partial charge on any atom is -0.396 e. The van der Waals surface area contributed by atoms with Crippen molar-refractivity contribution in [2.45, 2.75) is 19.3 Å². The van der Waals surface area contributed by atoms with E-state index in [9.17, 15) is 4.39 Å². The van der Waals surface area contributed by atoms with Crippen LogP contribution >= 0.6 is 0 Å². The molecule has 0 unspecified atom stereocenters. The molecule has 0 bridgehead atoms. The summed E-state index contributed by atoms with van der Waals surface area (Å²) < 4.78 is 12.5. The van der Waals surface area contributed by atoms with E-state index in [2.05, 4.69) is 11.8 Å². The maximum Gasteiger partial charge on any atom is 0.123 e. The van der Waals surface area contributed by atoms with Crippen molar-refractivity contribution in [2.75, 3.05) is 6.61 Å². The van der Waals surface area contributed by atoms with E-state index in [0.29, 0.717) is 0 Å². The number of benzene rings is 1. The molecule has 14 heavy (non-hydrogen) atoms. The van der Waals surface area contributed by atoms with Crippen LogP contribution in [0.1, 0.15) is 24.8 Å². The molecule has 2 heteroatoms. The minimum atomic E-state index is -0.240. The molecule has 0 fully saturated rings. The highest BCUT2D eigenvalue weighted by Gasteiger charge is 1.88. The molecule has 1 nitrogen and oxygen atoms in total. The van der Waals surface area contributed by atoms with Crippen molar-refractivity contribution < 1.29 is 9.50 Å². The Labute approximate surface area is 83.6 Å². The first-order valence-corrected chi connectivity index (χ1v) is 4.68. The minimum absolute atomic E-state index is 0.220. The summed E-state index contributed by atoms with van der Waals surface area (Å²) >= 11 is 0. The van der Waals surface area contributed by atoms with Gasteiger partial charge in [-0.3, -0.25) is 0 Å². The highest BCUT2D eigenvalue weighted by molar-refractivity contribution is 5.33. The van der Waals surface area contributed by atoms with Crippen LogP contribution in [0.25, 0.3) is 0 Å². The monoisotopic (exact) mass is 192 g/mol. The van der Waals surface area contributed by atoms with Crippen molar-refractivity contribution in [3.8, 4) is 11.8 Å². The Kier molecular flexibility index (Phi) is 4.74. The molecule has 0 heterocycles. The molecular formula is C12H13FO. The Morgan fingerprint density at radius 1 is 1.14 bits per heavy atom. The van der Waals surface area contributed by atoms with Gasteiger partial charge in [-0.15, -0.1) is 0 Å². The normalized spacial score (nSPS) is 9.29. The van der Waals surface area contributed by atoms with Gasteiger partial charge in [-0.05, 0) is 37.1 Å². The predicted octanol–water partition coefficient (Wildman–Crippen LogP) is 2.34. The van der Waals surface area contributed by atoms with Crippen LogP contribution in [0.15, 0.2) is 24.3 Å². The Hall–Kier alpha value is -1.33. The summed E-state index contributed by atoms with van der Waals surface area (Å²) in [6, 6.07) is 6.12. The molecule has 0 aromatic heterocycles. The van der Waals surface area contributed by atoms with Gasteiger partial charge in [-0.25, -0.2) is 4.39 Å². The third-order valence-electron chi connectivity index (χ3n) is 1.79. The molecule has 1 aromatic carbocycles. The third-order valence-corrected chi connectivity index (χ3v) is 1.79. The number of rotatable bonds is 3. The van der Waals surface area contributed by atoms with Gasteiger partial charge in [0.2, 0.25) is 0 Å². The quantitative estimate of drug-likeness (QED) is 0.575. The average Bonchev–Trinajstić information content (AvgIpc) is 2.21. The highest BCUT2D eigenvalue weighted by atomic mass is 19.1. The van der Waals surface area contributed by atoms with Gasteiger partial charge in [0.05, 0.1) is 0 Å². The SMILES string of the molecule is OCCCCC#Cc1ccc(F)cc1. The highest BCUT2D eigenvalue weighted by Crippen LogP contribution is 2.01. The standard InChI is InChI=1S/C12H13FO/c13-12-8-6-11(7-9-12)5-3-1-2-4-10-14/h6-9,14H,1-2,4,10H2. The van der Waals surface area contributed by atoms with Crippen LogP contribution in [0.4, 0.5) is 4.39 Å². The van der Waals surface area contributed by atoms with Gasteiger partial charge >= 0.3 is 0 Å². The van der Waals surface area contributed by atoms with E-state index < -0.39 is 0 Å². The number of aliphatic hydroxyl groups is 1. The van der Waals surface area contributed by atoms with E-state index in [1.54, 1.807) is 12.1 Å². The number of halogens is 1. The van der Waals surface area contributed by atoms with Crippen molar-refractivity contribution in [1.82, 2.24) is 0 Å². The van der Waals surface area contributed by atoms with Crippen LogP contribution in [-0.2, 0) is 0 Å². The molecule has 0 saturated carbocycles. The average molecular weight is 192 g/mol. The Morgan fingerprint density at radius 3 is 2.50 bits per heavy atom. The predicted molar refractivity (Wildman–Crippen MR) is 54.2 cm³/mol. The lowest BCUT2D eigenvalue weighted by Crippen LogP contribution is -1.81. The lowest BCUT2D eigenvalue weighted by atomic mass is 10.2. The molecule has 74 valence electrons. The van der Waals surface area contributed by atoms with Crippen LogP contribution in [0.5, 0.6) is 0 Å². The van der Waals surface area contributed by atoms with Crippen LogP contribution in [0.3, 0.4) is 0 Å². The zero-order valence-corrected chi connectivity index (χ0v) is 7.96. The fourth-order valence-corrected chi connectivity index (χ4v) is 1.02. The van der Waals surface area contributed by atoms with Crippen LogP contribution in [0.2, 0.25) is 0 Å². The lowest BCUT2D eigenvalue weighted by molar-refractivity contribution is 0.285. The summed E-state index contributed by atoms with van der Waals surface area (Å²) in [6.45, 7) is 0.220. The van der Waals surface area contributed by atoms with Gasteiger partial charge in [0.1, 0.15) is 5.82 Å². The third kappa shape index (κ3) is 4.06. The molecule has 0 aliphatic heterocycles. The molecule has 0 aliphatic rings. The molecule has 1 rings (SSSR count). The van der Waals surface area contributed by atoms with Crippen LogP contribution < -0.4 is 0 Å². The van der Waals surface area contributed by atoms with Crippen molar-refractivity contribution >= 4 is 0 Å². The zero-order chi connectivity index (χ0) is 10.2. The van der Waals surface area contributed by atoms with E-state index in [1.165, 1.54) is 12.1 Å². The van der Waals surface area contributed by atoms with E-state index in [1.807, 2.05) is 0 Å². The second-order valence-corrected chi connectivity index (χ2v) is 2.99. The Balaban J connectivity index is 2.39. The molecule has 0 atom stereocenters. The summed E-state index contributed by atoms with van der Waals surface area (Å²) in [7, 11) is 0. The topological polar surface area (TPSA) is 20.2 Å². The summed E-state index contributed by atoms with van der Waals surface area (Å²) in [5.74, 6) is 5.66. The zero-order valence-electron chi connectivity index (χ0n) is 7.96. The smallest absolute Gasteiger partial charge is 0.123 e. The summed E-state index contributed by atoms with van der Waals surface area (Å²) in [4.78, 5) is 0. The summed E-state index contributed by atoms with van der Waals surface area (Å²) in [6.07, 6.45) is 2.47. The fourth-order valence-electron chi connectivity index (χ4n) is 1.02. The number of aliphatic hydroxyl groups excluding tert-OH is 1. The first-order chi connectivity index (χ1) is 6.83. The molecule has 0 spiro atoms. The number of hydrogen-bond donors (Lipinski definition) is 1. The number of unbranched alkanes of at least 4 members (excludes halogenated alkanes) is 2. The van der Waals surface area contributed by atoms with E-state index in [4.69, 9.17) is 5.11 Å². The summed E-state index contributed by atoms with van der Waals surface area (Å²) in [5.41, 5.74) is 0.829. The Bertz CT molecular complexity index is 318. The molecule has 0 aliphatic carbocycles. The van der Waals surface area contributed by atoms with Gasteiger partial charge in [0.15, 0.2) is 0 Å². The van der Waals surface area contributed by atoms with Gasteiger partial charge in [0.25, 0.3) is 0 Å². The van der Waals surface area contributed by atoms with Crippen molar-refractivity contribution in [3.05, 3.63) is 35.6 Å². The van der Waals surface area contributed by atoms with E-state index in [0.717, 1.165) is 24.8 Å². The first-order valence-electron chi connectivity index (χ1n) is 4.68. The van der Waals surface area contributed by atoms with Crippen LogP contribution in [0, 0.1) is 17.7 Å². The van der Waals surface area contributed by atoms with E-state index in [-0.39, 0.29) is 12.4 Å². The lowest BCUT2D eigenvalue weighted by Gasteiger charge is -1.90. The second-order valence-electron chi connectivity index (χ2n) is 2.99. The van der Waals surface area contributed by atoms with Gasteiger partial charge in [0, 0.05) is 18.6 Å². The van der Waals surface area contributed by atoms with Gasteiger partial charge in [-0.2, -0.15) is 0 Å². The molecule has 0 radical (unpaired) electrons. The largest absolute Gasteiger partial charge is 0.396 e. The molecule has 0 amide bonds. The maximum absolute atomic E-state index is 12.5. The fraction of sp³-hybridized carbons (Fsp3) is 0.333. The molecule has 1 aromatic rings. The van der Waals surface area contributed by atoms with Crippen LogP contribution in [-0.4, -0.2) is 11.7 Å². The number of hydrogen-bond acceptors (Lipinski definition) is 1. The molecule has 1 N–H and O–H groups in total. The van der Waals surface area contributed by atoms with E-state index >= 15 is 0 Å². The Morgan fingerprint density at radius 2 is 1.86 bits per heavy atom. The molecular weight excluding hydrogens is 179 g/mol. The maximum atomic E-state index is 12.5. The van der Waals surface area contributed by atoms with Crippen molar-refractivity contribution in [2.24, 2.45) is 0 Å². The molecule has 0 saturated heterocycles. The van der Waals surface area contributed by atoms with Gasteiger partial charge in [-0.1, -0.05) is 11.8 Å². The van der Waals surface area contributed by atoms with Gasteiger partial charge < -0.3 is 5.11 Å². The summed E-state index contributed by atoms with van der Waals surface area (Å²) in [5, 5.41) is 8.52. The second kappa shape index (κ2) is 6.17.